The molecule has 2 aromatic carbocycles. The quantitative estimate of drug-likeness (QED) is 0.439. The highest BCUT2D eigenvalue weighted by Gasteiger charge is 2.47. The fourth-order valence-electron chi connectivity index (χ4n) is 5.29. The molecule has 8 heteroatoms. The first-order valence-corrected chi connectivity index (χ1v) is 12.8. The van der Waals surface area contributed by atoms with Crippen molar-refractivity contribution in [3.8, 4) is 0 Å². The van der Waals surface area contributed by atoms with Gasteiger partial charge in [0, 0.05) is 46.9 Å². The molecule has 1 unspecified atom stereocenters. The zero-order valence-electron chi connectivity index (χ0n) is 19.1. The number of benzene rings is 2. The first-order valence-electron chi connectivity index (χ1n) is 11.7. The van der Waals surface area contributed by atoms with Gasteiger partial charge >= 0.3 is 0 Å². The summed E-state index contributed by atoms with van der Waals surface area (Å²) in [4.78, 5) is 21.7. The van der Waals surface area contributed by atoms with Crippen LogP contribution in [0.4, 0.5) is 10.1 Å². The average Bonchev–Trinajstić information content (AvgIpc) is 3.14. The van der Waals surface area contributed by atoms with Gasteiger partial charge in [0.25, 0.3) is 0 Å². The van der Waals surface area contributed by atoms with Crippen molar-refractivity contribution < 1.29 is 9.18 Å². The Morgan fingerprint density at radius 3 is 2.69 bits per heavy atom. The Labute approximate surface area is 219 Å². The van der Waals surface area contributed by atoms with Crippen LogP contribution in [0.25, 0.3) is 6.08 Å². The number of nitrogens with zero attached hydrogens (tertiary/aromatic N) is 3. The topological polar surface area (TPSA) is 35.9 Å². The van der Waals surface area contributed by atoms with Crippen molar-refractivity contribution in [2.24, 2.45) is 10.9 Å². The maximum Gasteiger partial charge on any atom is 0.234 e. The first-order chi connectivity index (χ1) is 16.8. The summed E-state index contributed by atoms with van der Waals surface area (Å²) in [6, 6.07) is 10.3. The molecule has 0 radical (unpaired) electrons. The van der Waals surface area contributed by atoms with Crippen LogP contribution in [0.2, 0.25) is 10.0 Å². The summed E-state index contributed by atoms with van der Waals surface area (Å²) in [7, 11) is 0. The SMILES string of the molecule is O=C(C1C=CN=C(Cl)C1)N1CC2(CCN(C/C=C/c3ccc(Cl)cc3Cl)CC2)c2cc(F)ccc21. The number of hydrogen-bond acceptors (Lipinski definition) is 3. The molecule has 3 heterocycles. The van der Waals surface area contributed by atoms with Crippen LogP contribution in [-0.4, -0.2) is 42.2 Å². The molecule has 3 aliphatic heterocycles. The zero-order valence-corrected chi connectivity index (χ0v) is 21.3. The Morgan fingerprint density at radius 2 is 1.94 bits per heavy atom. The van der Waals surface area contributed by atoms with E-state index < -0.39 is 0 Å². The molecule has 0 N–H and O–H groups in total. The van der Waals surface area contributed by atoms with Gasteiger partial charge in [0.2, 0.25) is 5.91 Å². The van der Waals surface area contributed by atoms with Crippen LogP contribution in [0, 0.1) is 11.7 Å². The first kappa shape index (κ1) is 24.5. The van der Waals surface area contributed by atoms with E-state index in [4.69, 9.17) is 34.8 Å². The predicted octanol–water partition coefficient (Wildman–Crippen LogP) is 6.70. The molecule has 0 bridgehead atoms. The zero-order chi connectivity index (χ0) is 24.6. The largest absolute Gasteiger partial charge is 0.311 e. The number of carbonyl (C=O) groups is 1. The van der Waals surface area contributed by atoms with Crippen LogP contribution < -0.4 is 4.90 Å². The van der Waals surface area contributed by atoms with Gasteiger partial charge in [0.1, 0.15) is 11.0 Å². The van der Waals surface area contributed by atoms with Gasteiger partial charge in [0.15, 0.2) is 0 Å². The highest BCUT2D eigenvalue weighted by molar-refractivity contribution is 6.65. The number of likely N-dealkylation sites (tertiary alicyclic amines) is 1. The number of halogens is 4. The van der Waals surface area contributed by atoms with E-state index in [1.807, 2.05) is 23.1 Å². The van der Waals surface area contributed by atoms with Crippen LogP contribution >= 0.6 is 34.8 Å². The summed E-state index contributed by atoms with van der Waals surface area (Å²) in [5, 5.41) is 1.67. The molecule has 1 fully saturated rings. The number of piperidine rings is 1. The van der Waals surface area contributed by atoms with Gasteiger partial charge in [-0.05, 0) is 67.4 Å². The van der Waals surface area contributed by atoms with E-state index in [0.29, 0.717) is 28.2 Å². The summed E-state index contributed by atoms with van der Waals surface area (Å²) in [6.07, 6.45) is 9.60. The van der Waals surface area contributed by atoms with Crippen molar-refractivity contribution >= 4 is 57.6 Å². The van der Waals surface area contributed by atoms with Crippen LogP contribution in [0.15, 0.2) is 59.7 Å². The minimum absolute atomic E-state index is 0.00996. The molecule has 182 valence electrons. The normalized spacial score (nSPS) is 21.5. The van der Waals surface area contributed by atoms with Crippen LogP contribution in [0.1, 0.15) is 30.4 Å². The number of fused-ring (bicyclic) bond motifs is 2. The van der Waals surface area contributed by atoms with Gasteiger partial charge in [-0.3, -0.25) is 9.69 Å². The molecule has 1 atom stereocenters. The molecule has 3 aliphatic rings. The number of anilines is 1. The van der Waals surface area contributed by atoms with E-state index >= 15 is 0 Å². The maximum absolute atomic E-state index is 14.3. The van der Waals surface area contributed by atoms with Gasteiger partial charge in [0.05, 0.1) is 5.92 Å². The number of hydrogen-bond donors (Lipinski definition) is 0. The summed E-state index contributed by atoms with van der Waals surface area (Å²) in [6.45, 7) is 3.07. The van der Waals surface area contributed by atoms with Crippen LogP contribution in [0.3, 0.4) is 0 Å². The molecule has 2 aromatic rings. The minimum atomic E-state index is -0.349. The summed E-state index contributed by atoms with van der Waals surface area (Å²) < 4.78 is 14.3. The Hall–Kier alpha value is -2.18. The van der Waals surface area contributed by atoms with Crippen molar-refractivity contribution in [3.05, 3.63) is 81.7 Å². The third kappa shape index (κ3) is 5.05. The lowest BCUT2D eigenvalue weighted by Crippen LogP contribution is -2.47. The molecule has 35 heavy (non-hydrogen) atoms. The monoisotopic (exact) mass is 531 g/mol. The van der Waals surface area contributed by atoms with Crippen LogP contribution in [0.5, 0.6) is 0 Å². The second-order valence-corrected chi connectivity index (χ2v) is 10.7. The Balaban J connectivity index is 1.29. The summed E-state index contributed by atoms with van der Waals surface area (Å²) in [5.41, 5.74) is 2.44. The van der Waals surface area contributed by atoms with E-state index in [2.05, 4.69) is 16.0 Å². The third-order valence-electron chi connectivity index (χ3n) is 7.22. The van der Waals surface area contributed by atoms with Gasteiger partial charge in [-0.25, -0.2) is 9.38 Å². The fraction of sp³-hybridized carbons (Fsp3) is 0.333. The minimum Gasteiger partial charge on any atom is -0.311 e. The van der Waals surface area contributed by atoms with Crippen molar-refractivity contribution in [3.63, 3.8) is 0 Å². The highest BCUT2D eigenvalue weighted by atomic mass is 35.5. The molecule has 1 saturated heterocycles. The second kappa shape index (κ2) is 10.1. The molecular weight excluding hydrogens is 508 g/mol. The Bertz CT molecular complexity index is 1230. The van der Waals surface area contributed by atoms with Crippen molar-refractivity contribution in [1.29, 1.82) is 0 Å². The molecule has 0 aromatic heterocycles. The van der Waals surface area contributed by atoms with Crippen molar-refractivity contribution in [2.45, 2.75) is 24.7 Å². The molecule has 0 saturated carbocycles. The van der Waals surface area contributed by atoms with Crippen LogP contribution in [-0.2, 0) is 10.2 Å². The molecular formula is C27H25Cl3FN3O. The number of aliphatic imine (C=N–C) groups is 1. The van der Waals surface area contributed by atoms with E-state index in [1.54, 1.807) is 30.5 Å². The Morgan fingerprint density at radius 1 is 1.14 bits per heavy atom. The van der Waals surface area contributed by atoms with E-state index in [-0.39, 0.29) is 23.1 Å². The smallest absolute Gasteiger partial charge is 0.234 e. The second-order valence-electron chi connectivity index (χ2n) is 9.39. The third-order valence-corrected chi connectivity index (χ3v) is 8.04. The van der Waals surface area contributed by atoms with E-state index in [0.717, 1.165) is 49.3 Å². The van der Waals surface area contributed by atoms with E-state index in [9.17, 15) is 9.18 Å². The lowest BCUT2D eigenvalue weighted by Gasteiger charge is -2.39. The molecule has 4 nitrogen and oxygen atoms in total. The maximum atomic E-state index is 14.3. The van der Waals surface area contributed by atoms with Gasteiger partial charge in [-0.1, -0.05) is 59.1 Å². The van der Waals surface area contributed by atoms with Gasteiger partial charge in [-0.15, -0.1) is 0 Å². The fourth-order valence-corrected chi connectivity index (χ4v) is 5.99. The summed E-state index contributed by atoms with van der Waals surface area (Å²) >= 11 is 18.3. The number of amides is 1. The molecule has 1 spiro atoms. The molecule has 5 rings (SSSR count). The van der Waals surface area contributed by atoms with E-state index in [1.165, 1.54) is 6.07 Å². The number of rotatable bonds is 4. The lowest BCUT2D eigenvalue weighted by atomic mass is 9.74. The standard InChI is InChI=1S/C27H25Cl3FN3O/c28-20-4-3-18(23(29)15-20)2-1-11-33-12-8-27(9-13-33)17-34(24-6-5-21(31)16-22(24)27)26(35)19-7-10-32-25(30)14-19/h1-7,10,15-16,19H,8-9,11-14,17H2/b2-1+. The lowest BCUT2D eigenvalue weighted by molar-refractivity contribution is -0.121. The van der Waals surface area contributed by atoms with Gasteiger partial charge in [-0.2, -0.15) is 0 Å². The van der Waals surface area contributed by atoms with Gasteiger partial charge < -0.3 is 4.90 Å². The molecule has 1 amide bonds. The average molecular weight is 533 g/mol. The summed E-state index contributed by atoms with van der Waals surface area (Å²) in [5.74, 6) is -0.627. The Kier molecular flexibility index (Phi) is 7.04. The highest BCUT2D eigenvalue weighted by Crippen LogP contribution is 2.48. The predicted molar refractivity (Wildman–Crippen MR) is 142 cm³/mol. The number of carbonyl (C=O) groups excluding carboxylic acids is 1. The van der Waals surface area contributed by atoms with Crippen molar-refractivity contribution in [2.75, 3.05) is 31.1 Å². The molecule has 0 aliphatic carbocycles. The van der Waals surface area contributed by atoms with Crippen molar-refractivity contribution in [1.82, 2.24) is 4.90 Å².